The summed E-state index contributed by atoms with van der Waals surface area (Å²) in [5.41, 5.74) is 0.901. The Bertz CT molecular complexity index is 1890. The van der Waals surface area contributed by atoms with E-state index in [1.807, 2.05) is 68.5 Å². The van der Waals surface area contributed by atoms with Gasteiger partial charge in [0.2, 0.25) is 0 Å². The smallest absolute Gasteiger partial charge is 0.331 e. The van der Waals surface area contributed by atoms with Gasteiger partial charge in [-0.05, 0) is 63.0 Å². The van der Waals surface area contributed by atoms with Gasteiger partial charge >= 0.3 is 11.9 Å². The van der Waals surface area contributed by atoms with Crippen molar-refractivity contribution in [3.05, 3.63) is 96.7 Å². The molecule has 7 bridgehead atoms. The van der Waals surface area contributed by atoms with Crippen LogP contribution in [0.5, 0.6) is 0 Å². The number of unbranched alkanes of at least 4 members (excludes halogenated alkanes) is 1. The molecule has 7 heterocycles. The summed E-state index contributed by atoms with van der Waals surface area (Å²) in [6.45, 7) is 7.36. The zero-order valence-corrected chi connectivity index (χ0v) is 40.3. The quantitative estimate of drug-likeness (QED) is 0.0898. The van der Waals surface area contributed by atoms with Crippen LogP contribution in [0, 0.1) is 17.8 Å². The molecule has 0 saturated carbocycles. The molecule has 0 aromatic rings. The maximum absolute atomic E-state index is 13.1. The average molecular weight is 969 g/mol. The van der Waals surface area contributed by atoms with Gasteiger partial charge in [0.1, 0.15) is 48.8 Å². The maximum atomic E-state index is 13.1. The van der Waals surface area contributed by atoms with Crippen molar-refractivity contribution in [2.75, 3.05) is 6.61 Å². The van der Waals surface area contributed by atoms with Gasteiger partial charge in [-0.3, -0.25) is 4.79 Å². The monoisotopic (exact) mass is 969 g/mol. The molecule has 7 rings (SSSR count). The lowest BCUT2D eigenvalue weighted by Crippen LogP contribution is -2.60. The fraction of sp³-hybridized carbons (Fsp3) is 0.660. The molecule has 0 radical (unpaired) electrons. The van der Waals surface area contributed by atoms with Crippen LogP contribution in [-0.2, 0) is 42.7 Å². The van der Waals surface area contributed by atoms with Gasteiger partial charge in [-0.2, -0.15) is 0 Å². The Kier molecular flexibility index (Phi) is 21.2. The normalized spacial score (nSPS) is 40.9. The number of rotatable bonds is 10. The van der Waals surface area contributed by atoms with Gasteiger partial charge in [-0.1, -0.05) is 106 Å². The Morgan fingerprint density at radius 3 is 2.28 bits per heavy atom. The third-order valence-corrected chi connectivity index (χ3v) is 14.1. The Labute approximate surface area is 406 Å². The zero-order valence-electron chi connectivity index (χ0n) is 40.3. The van der Waals surface area contributed by atoms with Crippen molar-refractivity contribution < 1.29 is 78.5 Å². The van der Waals surface area contributed by atoms with Gasteiger partial charge in [-0.25, -0.2) is 4.79 Å². The predicted octanol–water partition coefficient (Wildman–Crippen LogP) is 4.62. The first-order valence-electron chi connectivity index (χ1n) is 24.9. The minimum absolute atomic E-state index is 0.0148. The molecular formula is C53H76O16. The van der Waals surface area contributed by atoms with Gasteiger partial charge in [0.25, 0.3) is 0 Å². The molecule has 16 heteroatoms. The fourth-order valence-corrected chi connectivity index (χ4v) is 9.83. The number of ether oxygens (including phenoxy) is 7. The molecule has 7 N–H and O–H groups in total. The lowest BCUT2D eigenvalue weighted by molar-refractivity contribution is -0.316. The van der Waals surface area contributed by atoms with Gasteiger partial charge in [-0.15, -0.1) is 0 Å². The van der Waals surface area contributed by atoms with E-state index in [2.05, 4.69) is 19.9 Å². The largest absolute Gasteiger partial charge is 0.481 e. The summed E-state index contributed by atoms with van der Waals surface area (Å²) >= 11 is 0. The van der Waals surface area contributed by atoms with E-state index in [0.29, 0.717) is 32.1 Å². The molecule has 0 aromatic heterocycles. The van der Waals surface area contributed by atoms with E-state index in [-0.39, 0.29) is 61.1 Å². The second-order valence-electron chi connectivity index (χ2n) is 19.5. The van der Waals surface area contributed by atoms with E-state index >= 15 is 0 Å². The zero-order chi connectivity index (χ0) is 49.6. The molecule has 0 amide bonds. The van der Waals surface area contributed by atoms with E-state index in [1.165, 1.54) is 6.08 Å². The highest BCUT2D eigenvalue weighted by molar-refractivity contribution is 5.82. The summed E-state index contributed by atoms with van der Waals surface area (Å²) in [5.74, 6) is -1.39. The second kappa shape index (κ2) is 26.7. The first-order valence-corrected chi connectivity index (χ1v) is 24.9. The van der Waals surface area contributed by atoms with Crippen molar-refractivity contribution in [2.45, 2.75) is 196 Å². The average Bonchev–Trinajstić information content (AvgIpc) is 3.67. The topological polar surface area (TPSA) is 240 Å². The summed E-state index contributed by atoms with van der Waals surface area (Å²) in [5, 5.41) is 73.8. The molecule has 7 aliphatic rings. The van der Waals surface area contributed by atoms with Crippen molar-refractivity contribution in [3.63, 3.8) is 0 Å². The number of hydrogen-bond acceptors (Lipinski definition) is 15. The highest BCUT2D eigenvalue weighted by Crippen LogP contribution is 2.39. The molecule has 16 nitrogen and oxygen atoms in total. The third kappa shape index (κ3) is 15.4. The Morgan fingerprint density at radius 2 is 1.49 bits per heavy atom. The number of carbonyl (C=O) groups is 2. The Hall–Kier alpha value is -3.62. The van der Waals surface area contributed by atoms with Crippen LogP contribution in [0.4, 0.5) is 0 Å². The second-order valence-corrected chi connectivity index (χ2v) is 19.5. The number of aliphatic hydroxyl groups is 6. The minimum atomic E-state index is -1.70. The summed E-state index contributed by atoms with van der Waals surface area (Å²) in [7, 11) is 0. The minimum Gasteiger partial charge on any atom is -0.481 e. The standard InChI is InChI=1S/C53H76O16/c1-31(17-14-15-23-46(56)57)27-32(2)52-41-26-25-35(63-52)18-10-6-5-7-12-20-40(68-53-51(62)50(61)49(60)45(30-54)69-53)48(59)44-28-36(55)33(3)37(65-44)21-16-22-38-34(4)42-29-43(64-38)39(66-42)19-11-8-9-13-24-47(58)67-41/h6,8-13,16,19-20,22,24-27,31,33-45,48-55,59-62H,5,7,14-15,17-18,21,23,28-30H2,1-4H3,(H,56,57). The van der Waals surface area contributed by atoms with E-state index < -0.39 is 92.0 Å². The molecule has 0 aromatic carbocycles. The van der Waals surface area contributed by atoms with Crippen LogP contribution in [0.2, 0.25) is 0 Å². The number of carbonyl (C=O) groups excluding carboxylic acids is 1. The summed E-state index contributed by atoms with van der Waals surface area (Å²) in [6, 6.07) is 0. The molecule has 4 saturated heterocycles. The third-order valence-electron chi connectivity index (χ3n) is 14.1. The molecular weight excluding hydrogens is 893 g/mol. The number of hydrogen-bond donors (Lipinski definition) is 7. The first-order chi connectivity index (χ1) is 33.1. The van der Waals surface area contributed by atoms with Crippen molar-refractivity contribution in [1.82, 2.24) is 0 Å². The highest BCUT2D eigenvalue weighted by atomic mass is 16.7. The lowest BCUT2D eigenvalue weighted by Gasteiger charge is -2.43. The van der Waals surface area contributed by atoms with E-state index in [1.54, 1.807) is 24.3 Å². The summed E-state index contributed by atoms with van der Waals surface area (Å²) in [4.78, 5) is 24.1. The van der Waals surface area contributed by atoms with Crippen LogP contribution >= 0.6 is 0 Å². The van der Waals surface area contributed by atoms with Gasteiger partial charge in [0.15, 0.2) is 12.4 Å². The van der Waals surface area contributed by atoms with Crippen LogP contribution in [-0.4, -0.2) is 158 Å². The lowest BCUT2D eigenvalue weighted by atomic mass is 9.85. The van der Waals surface area contributed by atoms with Crippen LogP contribution < -0.4 is 0 Å². The van der Waals surface area contributed by atoms with E-state index in [9.17, 15) is 40.2 Å². The Balaban J connectivity index is 1.22. The number of carboxylic acid groups (broad SMARTS) is 1. The molecule has 4 fully saturated rings. The van der Waals surface area contributed by atoms with Gasteiger partial charge < -0.3 is 68.9 Å². The molecule has 7 aliphatic heterocycles. The number of aliphatic hydroxyl groups excluding tert-OH is 6. The number of aliphatic carboxylic acids is 1. The summed E-state index contributed by atoms with van der Waals surface area (Å²) < 4.78 is 43.7. The molecule has 0 aliphatic carbocycles. The van der Waals surface area contributed by atoms with Crippen molar-refractivity contribution in [2.24, 2.45) is 17.8 Å². The van der Waals surface area contributed by atoms with Crippen LogP contribution in [0.25, 0.3) is 0 Å². The number of allylic oxidation sites excluding steroid dienone is 7. The predicted molar refractivity (Wildman–Crippen MR) is 254 cm³/mol. The van der Waals surface area contributed by atoms with E-state index in [0.717, 1.165) is 24.8 Å². The van der Waals surface area contributed by atoms with Crippen molar-refractivity contribution >= 4 is 11.9 Å². The SMILES string of the molecule is CC(=CC(C)CCCCC(=O)O)C1OC2C=CC1OC(=O)C=CC=CC=CC1OC3CC1OC(C=CCC1OC(CC(O)C1C)C(O)C(OC1OC(CO)C(O)C(O)C1O)C=CCCC=CC2)C3C. The Morgan fingerprint density at radius 1 is 0.725 bits per heavy atom. The first kappa shape index (κ1) is 54.7. The van der Waals surface area contributed by atoms with Crippen molar-refractivity contribution in [3.8, 4) is 0 Å². The van der Waals surface area contributed by atoms with Gasteiger partial charge in [0.05, 0.1) is 49.3 Å². The molecule has 20 unspecified atom stereocenters. The van der Waals surface area contributed by atoms with Crippen LogP contribution in [0.3, 0.4) is 0 Å². The number of fused-ring (bicyclic) bond motifs is 13. The highest BCUT2D eigenvalue weighted by Gasteiger charge is 2.48. The number of carboxylic acids is 1. The maximum Gasteiger partial charge on any atom is 0.331 e. The van der Waals surface area contributed by atoms with Crippen molar-refractivity contribution in [1.29, 1.82) is 0 Å². The van der Waals surface area contributed by atoms with Gasteiger partial charge in [0, 0.05) is 37.2 Å². The molecule has 384 valence electrons. The van der Waals surface area contributed by atoms with Crippen LogP contribution in [0.15, 0.2) is 96.7 Å². The van der Waals surface area contributed by atoms with E-state index in [4.69, 9.17) is 38.3 Å². The van der Waals surface area contributed by atoms with Crippen LogP contribution in [0.1, 0.15) is 91.9 Å². The fourth-order valence-electron chi connectivity index (χ4n) is 9.83. The molecule has 69 heavy (non-hydrogen) atoms. The number of esters is 1. The molecule has 20 atom stereocenters. The summed E-state index contributed by atoms with van der Waals surface area (Å²) in [6.07, 6.45) is 18.2. The molecule has 0 spiro atoms.